The van der Waals surface area contributed by atoms with Crippen molar-refractivity contribution in [1.29, 1.82) is 0 Å². The highest BCUT2D eigenvalue weighted by atomic mass is 35.5. The zero-order valence-corrected chi connectivity index (χ0v) is 13.1. The number of nitrogens with zero attached hydrogens (tertiary/aromatic N) is 1. The third-order valence-electron chi connectivity index (χ3n) is 3.28. The van der Waals surface area contributed by atoms with Gasteiger partial charge < -0.3 is 9.55 Å². The first-order chi connectivity index (χ1) is 9.56. The molecule has 3 aromatic rings. The zero-order chi connectivity index (χ0) is 14.3. The standard InChI is InChI=1S/C14H12ClFN2S2/c1-8(5-9-3-2-4-20-9)18-13-6-10(15)11(16)7-12(13)17-14(18)19/h2-4,6-8H,5H2,1H3,(H,17,19). The number of aromatic nitrogens is 2. The fourth-order valence-electron chi connectivity index (χ4n) is 2.37. The molecule has 2 heterocycles. The van der Waals surface area contributed by atoms with Crippen LogP contribution >= 0.6 is 35.2 Å². The lowest BCUT2D eigenvalue weighted by molar-refractivity contribution is 0.557. The molecule has 0 bridgehead atoms. The van der Waals surface area contributed by atoms with Crippen LogP contribution in [0.1, 0.15) is 17.8 Å². The molecule has 1 aromatic carbocycles. The van der Waals surface area contributed by atoms with Crippen LogP contribution in [0.5, 0.6) is 0 Å². The van der Waals surface area contributed by atoms with Crippen molar-refractivity contribution in [3.8, 4) is 0 Å². The van der Waals surface area contributed by atoms with Crippen molar-refractivity contribution < 1.29 is 4.39 Å². The molecule has 1 N–H and O–H groups in total. The van der Waals surface area contributed by atoms with E-state index in [9.17, 15) is 4.39 Å². The molecule has 2 aromatic heterocycles. The molecule has 0 spiro atoms. The SMILES string of the molecule is CC(Cc1cccs1)n1c(=S)[nH]c2cc(F)c(Cl)cc21. The van der Waals surface area contributed by atoms with Gasteiger partial charge in [-0.1, -0.05) is 17.7 Å². The van der Waals surface area contributed by atoms with Gasteiger partial charge in [-0.3, -0.25) is 0 Å². The smallest absolute Gasteiger partial charge is 0.178 e. The van der Waals surface area contributed by atoms with E-state index in [1.165, 1.54) is 10.9 Å². The number of hydrogen-bond donors (Lipinski definition) is 1. The van der Waals surface area contributed by atoms with Gasteiger partial charge in [0.05, 0.1) is 16.1 Å². The maximum absolute atomic E-state index is 13.5. The first-order valence-electron chi connectivity index (χ1n) is 6.18. The largest absolute Gasteiger partial charge is 0.330 e. The number of halogens is 2. The molecule has 1 unspecified atom stereocenters. The number of nitrogens with one attached hydrogen (secondary N) is 1. The molecule has 0 saturated heterocycles. The van der Waals surface area contributed by atoms with Crippen molar-refractivity contribution in [2.45, 2.75) is 19.4 Å². The van der Waals surface area contributed by atoms with Gasteiger partial charge >= 0.3 is 0 Å². The van der Waals surface area contributed by atoms with Gasteiger partial charge in [-0.2, -0.15) is 0 Å². The quantitative estimate of drug-likeness (QED) is 0.643. The molecule has 20 heavy (non-hydrogen) atoms. The number of imidazole rings is 1. The Morgan fingerprint density at radius 2 is 2.30 bits per heavy atom. The van der Waals surface area contributed by atoms with Crippen molar-refractivity contribution >= 4 is 46.2 Å². The summed E-state index contributed by atoms with van der Waals surface area (Å²) in [6.45, 7) is 2.10. The maximum Gasteiger partial charge on any atom is 0.178 e. The minimum atomic E-state index is -0.437. The Balaban J connectivity index is 2.08. The van der Waals surface area contributed by atoms with Crippen LogP contribution in [0, 0.1) is 10.6 Å². The van der Waals surface area contributed by atoms with Crippen LogP contribution in [0.15, 0.2) is 29.6 Å². The summed E-state index contributed by atoms with van der Waals surface area (Å²) in [7, 11) is 0. The second-order valence-corrected chi connectivity index (χ2v) is 6.54. The highest BCUT2D eigenvalue weighted by Gasteiger charge is 2.14. The van der Waals surface area contributed by atoms with Crippen molar-refractivity contribution in [1.82, 2.24) is 9.55 Å². The minimum Gasteiger partial charge on any atom is -0.330 e. The van der Waals surface area contributed by atoms with E-state index < -0.39 is 5.82 Å². The molecule has 0 amide bonds. The average Bonchev–Trinajstić information content (AvgIpc) is 2.97. The van der Waals surface area contributed by atoms with E-state index in [-0.39, 0.29) is 11.1 Å². The highest BCUT2D eigenvalue weighted by Crippen LogP contribution is 2.27. The normalized spacial score (nSPS) is 12.9. The number of H-pyrrole nitrogens is 1. The molecule has 3 rings (SSSR count). The van der Waals surface area contributed by atoms with Crippen molar-refractivity contribution in [2.24, 2.45) is 0 Å². The van der Waals surface area contributed by atoms with Gasteiger partial charge in [0.1, 0.15) is 5.82 Å². The van der Waals surface area contributed by atoms with Gasteiger partial charge in [0, 0.05) is 23.4 Å². The summed E-state index contributed by atoms with van der Waals surface area (Å²) >= 11 is 13.0. The van der Waals surface area contributed by atoms with Crippen molar-refractivity contribution in [3.63, 3.8) is 0 Å². The van der Waals surface area contributed by atoms with Crippen LogP contribution in [-0.2, 0) is 6.42 Å². The second kappa shape index (κ2) is 5.31. The van der Waals surface area contributed by atoms with Gasteiger partial charge in [0.15, 0.2) is 4.77 Å². The molecule has 0 aliphatic carbocycles. The summed E-state index contributed by atoms with van der Waals surface area (Å²) in [5, 5.41) is 2.17. The Bertz CT molecular complexity index is 805. The Hall–Kier alpha value is -1.17. The Kier molecular flexibility index (Phi) is 3.67. The van der Waals surface area contributed by atoms with Crippen LogP contribution in [0.3, 0.4) is 0 Å². The van der Waals surface area contributed by atoms with Crippen LogP contribution in [0.25, 0.3) is 11.0 Å². The number of hydrogen-bond acceptors (Lipinski definition) is 2. The predicted octanol–water partition coefficient (Wildman–Crippen LogP) is 5.36. The first-order valence-corrected chi connectivity index (χ1v) is 7.84. The van der Waals surface area contributed by atoms with Gasteiger partial charge in [-0.15, -0.1) is 11.3 Å². The molecular formula is C14H12ClFN2S2. The van der Waals surface area contributed by atoms with Crippen LogP contribution in [0.4, 0.5) is 4.39 Å². The summed E-state index contributed by atoms with van der Waals surface area (Å²) < 4.78 is 16.1. The summed E-state index contributed by atoms with van der Waals surface area (Å²) in [5.41, 5.74) is 1.51. The maximum atomic E-state index is 13.5. The minimum absolute atomic E-state index is 0.114. The monoisotopic (exact) mass is 326 g/mol. The van der Waals surface area contributed by atoms with Gasteiger partial charge in [0.2, 0.25) is 0 Å². The number of benzene rings is 1. The van der Waals surface area contributed by atoms with E-state index in [1.807, 2.05) is 10.6 Å². The number of aromatic amines is 1. The number of rotatable bonds is 3. The van der Waals surface area contributed by atoms with Crippen LogP contribution < -0.4 is 0 Å². The lowest BCUT2D eigenvalue weighted by Crippen LogP contribution is -2.07. The summed E-state index contributed by atoms with van der Waals surface area (Å²) in [6, 6.07) is 7.33. The van der Waals surface area contributed by atoms with Crippen LogP contribution in [-0.4, -0.2) is 9.55 Å². The highest BCUT2D eigenvalue weighted by molar-refractivity contribution is 7.71. The molecule has 6 heteroatoms. The Morgan fingerprint density at radius 3 is 3.00 bits per heavy atom. The molecule has 0 saturated carbocycles. The van der Waals surface area contributed by atoms with Gasteiger partial charge in [0.25, 0.3) is 0 Å². The van der Waals surface area contributed by atoms with E-state index in [2.05, 4.69) is 23.4 Å². The fraction of sp³-hybridized carbons (Fsp3) is 0.214. The molecule has 0 fully saturated rings. The predicted molar refractivity (Wildman–Crippen MR) is 84.8 cm³/mol. The van der Waals surface area contributed by atoms with Crippen molar-refractivity contribution in [2.75, 3.05) is 0 Å². The second-order valence-electron chi connectivity index (χ2n) is 4.72. The molecule has 1 atom stereocenters. The molecule has 0 aliphatic heterocycles. The van der Waals surface area contributed by atoms with Gasteiger partial charge in [-0.25, -0.2) is 4.39 Å². The summed E-state index contributed by atoms with van der Waals surface area (Å²) in [5.74, 6) is -0.437. The van der Waals surface area contributed by atoms with Gasteiger partial charge in [-0.05, 0) is 36.7 Å². The fourth-order valence-corrected chi connectivity index (χ4v) is 3.74. The molecule has 0 radical (unpaired) electrons. The Labute approximate surface area is 129 Å². The lowest BCUT2D eigenvalue weighted by atomic mass is 10.2. The van der Waals surface area contributed by atoms with E-state index in [0.29, 0.717) is 10.3 Å². The lowest BCUT2D eigenvalue weighted by Gasteiger charge is -2.13. The Morgan fingerprint density at radius 1 is 1.50 bits per heavy atom. The summed E-state index contributed by atoms with van der Waals surface area (Å²) in [6.07, 6.45) is 0.883. The third-order valence-corrected chi connectivity index (χ3v) is 4.76. The average molecular weight is 327 g/mol. The van der Waals surface area contributed by atoms with E-state index >= 15 is 0 Å². The van der Waals surface area contributed by atoms with E-state index in [1.54, 1.807) is 17.4 Å². The van der Waals surface area contributed by atoms with Crippen LogP contribution in [0.2, 0.25) is 5.02 Å². The number of fused-ring (bicyclic) bond motifs is 1. The van der Waals surface area contributed by atoms with E-state index in [0.717, 1.165) is 11.9 Å². The first kappa shape index (κ1) is 13.8. The molecule has 0 aliphatic rings. The zero-order valence-electron chi connectivity index (χ0n) is 10.7. The number of thiophene rings is 1. The topological polar surface area (TPSA) is 20.7 Å². The molecular weight excluding hydrogens is 315 g/mol. The molecule has 2 nitrogen and oxygen atoms in total. The summed E-state index contributed by atoms with van der Waals surface area (Å²) in [4.78, 5) is 4.33. The third kappa shape index (κ3) is 2.41. The molecule has 104 valence electrons. The van der Waals surface area contributed by atoms with Crippen molar-refractivity contribution in [3.05, 3.63) is 50.1 Å². The van der Waals surface area contributed by atoms with E-state index in [4.69, 9.17) is 23.8 Å².